The highest BCUT2D eigenvalue weighted by Gasteiger charge is 2.46. The Hall–Kier alpha value is -2.60. The molecule has 1 aliphatic heterocycles. The van der Waals surface area contributed by atoms with Crippen molar-refractivity contribution in [2.75, 3.05) is 20.3 Å². The summed E-state index contributed by atoms with van der Waals surface area (Å²) in [5, 5.41) is 9.39. The van der Waals surface area contributed by atoms with Gasteiger partial charge in [-0.25, -0.2) is 8.78 Å². The average Bonchev–Trinajstić information content (AvgIpc) is 2.73. The van der Waals surface area contributed by atoms with Crippen LogP contribution in [-0.2, 0) is 10.2 Å². The van der Waals surface area contributed by atoms with Gasteiger partial charge in [-0.05, 0) is 44.0 Å². The van der Waals surface area contributed by atoms with Crippen LogP contribution in [0.4, 0.5) is 8.78 Å². The topological polar surface area (TPSA) is 58.9 Å². The van der Waals surface area contributed by atoms with Crippen molar-refractivity contribution in [2.24, 2.45) is 10.9 Å². The predicted octanol–water partition coefficient (Wildman–Crippen LogP) is 4.47. The number of aliphatic imine (C=N–C) groups is 1. The number of aliphatic hydroxyl groups excluding tert-OH is 1. The highest BCUT2D eigenvalue weighted by atomic mass is 19.1. The van der Waals surface area contributed by atoms with Crippen LogP contribution >= 0.6 is 0 Å². The number of ether oxygens (including phenoxy) is 1. The monoisotopic (exact) mass is 415 g/mol. The van der Waals surface area contributed by atoms with Crippen molar-refractivity contribution in [3.8, 4) is 5.75 Å². The second-order valence-electron chi connectivity index (χ2n) is 7.88. The third-order valence-corrected chi connectivity index (χ3v) is 5.91. The van der Waals surface area contributed by atoms with E-state index in [1.807, 2.05) is 24.3 Å². The van der Waals surface area contributed by atoms with Gasteiger partial charge >= 0.3 is 0 Å². The average molecular weight is 415 g/mol. The number of hydrogen-bond donors (Lipinski definition) is 1. The molecule has 30 heavy (non-hydrogen) atoms. The number of para-hydroxylation sites is 1. The van der Waals surface area contributed by atoms with Gasteiger partial charge in [-0.3, -0.25) is 9.79 Å². The number of ketones is 1. The molecular formula is C24H27F2NO3. The van der Waals surface area contributed by atoms with E-state index >= 15 is 0 Å². The third-order valence-electron chi connectivity index (χ3n) is 5.91. The summed E-state index contributed by atoms with van der Waals surface area (Å²) in [5.74, 6) is -0.499. The van der Waals surface area contributed by atoms with Crippen LogP contribution < -0.4 is 4.74 Å². The van der Waals surface area contributed by atoms with E-state index in [0.717, 1.165) is 23.8 Å². The highest BCUT2D eigenvalue weighted by Crippen LogP contribution is 2.49. The second kappa shape index (κ2) is 9.47. The van der Waals surface area contributed by atoms with Gasteiger partial charge in [0.05, 0.1) is 6.61 Å². The third kappa shape index (κ3) is 4.43. The number of halogens is 2. The van der Waals surface area contributed by atoms with Crippen molar-refractivity contribution in [3.05, 3.63) is 65.2 Å². The molecule has 0 spiro atoms. The Labute approximate surface area is 175 Å². The minimum Gasteiger partial charge on any atom is -0.493 e. The number of hydrogen-bond acceptors (Lipinski definition) is 4. The number of carbonyl (C=O) groups is 1. The molecule has 2 unspecified atom stereocenters. The van der Waals surface area contributed by atoms with Crippen LogP contribution in [0.2, 0.25) is 0 Å². The van der Waals surface area contributed by atoms with E-state index in [1.54, 1.807) is 7.05 Å². The van der Waals surface area contributed by atoms with E-state index in [-0.39, 0.29) is 36.7 Å². The lowest BCUT2D eigenvalue weighted by atomic mass is 9.61. The lowest BCUT2D eigenvalue weighted by Crippen LogP contribution is -2.45. The summed E-state index contributed by atoms with van der Waals surface area (Å²) in [6.45, 7) is 1.95. The normalized spacial score (nSPS) is 21.1. The Morgan fingerprint density at radius 2 is 2.00 bits per heavy atom. The first-order valence-electron chi connectivity index (χ1n) is 10.1. The van der Waals surface area contributed by atoms with E-state index in [0.29, 0.717) is 30.9 Å². The zero-order chi connectivity index (χ0) is 21.7. The van der Waals surface area contributed by atoms with Crippen molar-refractivity contribution in [1.82, 2.24) is 0 Å². The summed E-state index contributed by atoms with van der Waals surface area (Å²) < 4.78 is 34.4. The van der Waals surface area contributed by atoms with Crippen LogP contribution in [0.1, 0.15) is 43.7 Å². The van der Waals surface area contributed by atoms with Crippen molar-refractivity contribution >= 4 is 11.5 Å². The number of rotatable bonds is 8. The first-order chi connectivity index (χ1) is 14.4. The molecule has 1 heterocycles. The van der Waals surface area contributed by atoms with Crippen LogP contribution in [0.3, 0.4) is 0 Å². The van der Waals surface area contributed by atoms with E-state index in [9.17, 15) is 18.7 Å². The number of benzene rings is 2. The fourth-order valence-electron chi connectivity index (χ4n) is 4.57. The number of nitrogens with zero attached hydrogens (tertiary/aromatic N) is 1. The molecule has 2 aromatic rings. The molecule has 3 rings (SSSR count). The maximum absolute atomic E-state index is 14.6. The summed E-state index contributed by atoms with van der Waals surface area (Å²) in [7, 11) is 1.55. The van der Waals surface area contributed by atoms with Gasteiger partial charge in [0.1, 0.15) is 23.2 Å². The zero-order valence-corrected chi connectivity index (χ0v) is 17.3. The van der Waals surface area contributed by atoms with Gasteiger partial charge in [0.25, 0.3) is 0 Å². The van der Waals surface area contributed by atoms with E-state index in [4.69, 9.17) is 4.74 Å². The molecule has 0 radical (unpaired) electrons. The molecule has 160 valence electrons. The Kier molecular flexibility index (Phi) is 6.98. The first-order valence-corrected chi connectivity index (χ1v) is 10.1. The SMILES string of the molecule is CN=C(CC1(CC(C)=O)c2ccccc2OCC1CCCO)c1cc(F)ccc1F. The Bertz CT molecular complexity index is 944. The Morgan fingerprint density at radius 1 is 1.23 bits per heavy atom. The van der Waals surface area contributed by atoms with Gasteiger partial charge in [-0.2, -0.15) is 0 Å². The smallest absolute Gasteiger partial charge is 0.132 e. The molecule has 1 N–H and O–H groups in total. The van der Waals surface area contributed by atoms with Gasteiger partial charge < -0.3 is 9.84 Å². The van der Waals surface area contributed by atoms with Crippen LogP contribution in [0.25, 0.3) is 0 Å². The zero-order valence-electron chi connectivity index (χ0n) is 17.3. The molecule has 0 bridgehead atoms. The molecule has 2 atom stereocenters. The maximum Gasteiger partial charge on any atom is 0.132 e. The van der Waals surface area contributed by atoms with E-state index < -0.39 is 17.0 Å². The largest absolute Gasteiger partial charge is 0.493 e. The molecule has 1 aliphatic rings. The molecule has 0 fully saturated rings. The Morgan fingerprint density at radius 3 is 2.70 bits per heavy atom. The van der Waals surface area contributed by atoms with Crippen LogP contribution in [0.15, 0.2) is 47.5 Å². The molecule has 0 saturated carbocycles. The fraction of sp³-hybridized carbons (Fsp3) is 0.417. The number of fused-ring (bicyclic) bond motifs is 1. The quantitative estimate of drug-likeness (QED) is 0.647. The first kappa shape index (κ1) is 22.1. The maximum atomic E-state index is 14.6. The van der Waals surface area contributed by atoms with Gasteiger partial charge in [0, 0.05) is 54.7 Å². The molecule has 0 amide bonds. The fourth-order valence-corrected chi connectivity index (χ4v) is 4.57. The van der Waals surface area contributed by atoms with Gasteiger partial charge in [0.15, 0.2) is 0 Å². The molecule has 4 nitrogen and oxygen atoms in total. The summed E-state index contributed by atoms with van der Waals surface area (Å²) in [6, 6.07) is 10.9. The Balaban J connectivity index is 2.15. The van der Waals surface area contributed by atoms with Crippen LogP contribution in [0.5, 0.6) is 5.75 Å². The molecule has 6 heteroatoms. The minimum absolute atomic E-state index is 0.00383. The number of aliphatic hydroxyl groups is 1. The summed E-state index contributed by atoms with van der Waals surface area (Å²) in [4.78, 5) is 16.7. The standard InChI is InChI=1S/C24H27F2NO3/c1-16(29)13-24(14-22(27-2)19-12-18(25)9-10-21(19)26)17(6-5-11-28)15-30-23-8-4-3-7-20(23)24/h3-4,7-10,12,17,28H,5-6,11,13-15H2,1-2H3. The van der Waals surface area contributed by atoms with Crippen LogP contribution in [0, 0.1) is 17.6 Å². The van der Waals surface area contributed by atoms with Crippen molar-refractivity contribution < 1.29 is 23.4 Å². The molecule has 0 saturated heterocycles. The molecular weight excluding hydrogens is 388 g/mol. The predicted molar refractivity (Wildman–Crippen MR) is 112 cm³/mol. The van der Waals surface area contributed by atoms with Gasteiger partial charge in [-0.15, -0.1) is 0 Å². The lowest BCUT2D eigenvalue weighted by Gasteiger charge is -2.45. The summed E-state index contributed by atoms with van der Waals surface area (Å²) >= 11 is 0. The molecule has 0 aliphatic carbocycles. The molecule has 2 aromatic carbocycles. The van der Waals surface area contributed by atoms with Crippen LogP contribution in [-0.4, -0.2) is 36.9 Å². The minimum atomic E-state index is -0.691. The summed E-state index contributed by atoms with van der Waals surface area (Å²) in [5.41, 5.74) is 0.681. The number of carbonyl (C=O) groups excluding carboxylic acids is 1. The van der Waals surface area contributed by atoms with Crippen molar-refractivity contribution in [1.29, 1.82) is 0 Å². The van der Waals surface area contributed by atoms with Crippen molar-refractivity contribution in [2.45, 2.75) is 38.0 Å². The highest BCUT2D eigenvalue weighted by molar-refractivity contribution is 6.02. The molecule has 0 aromatic heterocycles. The second-order valence-corrected chi connectivity index (χ2v) is 7.88. The number of Topliss-reactive ketones (excluding diaryl/α,β-unsaturated/α-hetero) is 1. The van der Waals surface area contributed by atoms with Gasteiger partial charge in [0.2, 0.25) is 0 Å². The van der Waals surface area contributed by atoms with E-state index in [2.05, 4.69) is 4.99 Å². The van der Waals surface area contributed by atoms with Gasteiger partial charge in [-0.1, -0.05) is 18.2 Å². The lowest BCUT2D eigenvalue weighted by molar-refractivity contribution is -0.119. The van der Waals surface area contributed by atoms with Crippen molar-refractivity contribution in [3.63, 3.8) is 0 Å². The summed E-state index contributed by atoms with van der Waals surface area (Å²) in [6.07, 6.45) is 1.68. The van der Waals surface area contributed by atoms with E-state index in [1.165, 1.54) is 6.92 Å².